The Kier molecular flexibility index (Phi) is 5.99. The zero-order chi connectivity index (χ0) is 15.9. The molecule has 2 N–H and O–H groups in total. The molecule has 2 aromatic carbocycles. The van der Waals surface area contributed by atoms with Crippen molar-refractivity contribution in [3.63, 3.8) is 0 Å². The van der Waals surface area contributed by atoms with Crippen molar-refractivity contribution < 1.29 is 9.53 Å². The molecule has 0 radical (unpaired) electrons. The summed E-state index contributed by atoms with van der Waals surface area (Å²) in [4.78, 5) is 12.3. The molecular weight excluding hydrogens is 298 g/mol. The van der Waals surface area contributed by atoms with Crippen molar-refractivity contribution in [2.24, 2.45) is 11.7 Å². The highest BCUT2D eigenvalue weighted by Crippen LogP contribution is 2.17. The molecule has 116 valence electrons. The van der Waals surface area contributed by atoms with Gasteiger partial charge in [-0.15, -0.1) is 0 Å². The van der Waals surface area contributed by atoms with E-state index in [2.05, 4.69) is 0 Å². The number of ether oxygens (including phenoxy) is 1. The summed E-state index contributed by atoms with van der Waals surface area (Å²) in [5.41, 5.74) is 7.94. The van der Waals surface area contributed by atoms with Crippen LogP contribution in [0.1, 0.15) is 18.1 Å². The van der Waals surface area contributed by atoms with E-state index in [-0.39, 0.29) is 24.5 Å². The third-order valence-electron chi connectivity index (χ3n) is 3.53. The fourth-order valence-corrected chi connectivity index (χ4v) is 2.32. The third kappa shape index (κ3) is 4.86. The average Bonchev–Trinajstić information content (AvgIpc) is 2.52. The van der Waals surface area contributed by atoms with Crippen molar-refractivity contribution in [3.8, 4) is 0 Å². The molecule has 0 heterocycles. The summed E-state index contributed by atoms with van der Waals surface area (Å²) in [6.45, 7) is 2.09. The van der Waals surface area contributed by atoms with Crippen LogP contribution in [0.3, 0.4) is 0 Å². The fraction of sp³-hybridized carbons (Fsp3) is 0.278. The van der Waals surface area contributed by atoms with E-state index >= 15 is 0 Å². The molecule has 0 aliphatic rings. The van der Waals surface area contributed by atoms with E-state index in [1.54, 1.807) is 0 Å². The molecule has 4 heteroatoms. The zero-order valence-corrected chi connectivity index (χ0v) is 13.3. The smallest absolute Gasteiger partial charge is 0.311 e. The maximum Gasteiger partial charge on any atom is 0.311 e. The first-order valence-corrected chi connectivity index (χ1v) is 7.64. The van der Waals surface area contributed by atoms with E-state index in [9.17, 15) is 4.79 Å². The Morgan fingerprint density at radius 3 is 2.32 bits per heavy atom. The second-order valence-corrected chi connectivity index (χ2v) is 5.83. The number of hydrogen-bond donors (Lipinski definition) is 1. The molecule has 0 spiro atoms. The van der Waals surface area contributed by atoms with Gasteiger partial charge < -0.3 is 10.5 Å². The van der Waals surface area contributed by atoms with Crippen LogP contribution in [-0.4, -0.2) is 12.0 Å². The van der Waals surface area contributed by atoms with Crippen LogP contribution in [0.5, 0.6) is 0 Å². The number of benzene rings is 2. The number of esters is 1. The lowest BCUT2D eigenvalue weighted by Crippen LogP contribution is -2.35. The predicted molar refractivity (Wildman–Crippen MR) is 88.5 cm³/mol. The van der Waals surface area contributed by atoms with Gasteiger partial charge in [0.2, 0.25) is 0 Å². The topological polar surface area (TPSA) is 52.3 Å². The Morgan fingerprint density at radius 1 is 1.09 bits per heavy atom. The summed E-state index contributed by atoms with van der Waals surface area (Å²) in [5, 5.41) is 0.674. The molecule has 22 heavy (non-hydrogen) atoms. The minimum Gasteiger partial charge on any atom is -0.461 e. The van der Waals surface area contributed by atoms with E-state index in [0.717, 1.165) is 11.1 Å². The molecule has 0 fully saturated rings. The Bertz CT molecular complexity index is 596. The van der Waals surface area contributed by atoms with Gasteiger partial charge in [0.05, 0.1) is 5.92 Å². The van der Waals surface area contributed by atoms with Crippen LogP contribution in [0, 0.1) is 5.92 Å². The van der Waals surface area contributed by atoms with Gasteiger partial charge in [-0.05, 0) is 36.6 Å². The molecule has 0 aliphatic heterocycles. The molecule has 0 amide bonds. The van der Waals surface area contributed by atoms with Gasteiger partial charge in [0.15, 0.2) is 0 Å². The minimum atomic E-state index is -0.370. The Balaban J connectivity index is 1.97. The fourth-order valence-electron chi connectivity index (χ4n) is 2.19. The first-order chi connectivity index (χ1) is 10.6. The summed E-state index contributed by atoms with van der Waals surface area (Å²) >= 11 is 5.87. The number of hydrogen-bond acceptors (Lipinski definition) is 3. The maximum atomic E-state index is 12.3. The highest BCUT2D eigenvalue weighted by atomic mass is 35.5. The summed E-state index contributed by atoms with van der Waals surface area (Å²) in [6.07, 6.45) is 0.544. The SMILES string of the molecule is C[C@H](N)[C@@H](Cc1ccc(Cl)cc1)C(=O)OCc1ccccc1. The molecule has 2 atom stereocenters. The van der Waals surface area contributed by atoms with Crippen LogP contribution in [0.25, 0.3) is 0 Å². The summed E-state index contributed by atoms with van der Waals surface area (Å²) < 4.78 is 5.40. The third-order valence-corrected chi connectivity index (χ3v) is 3.78. The van der Waals surface area contributed by atoms with Crippen LogP contribution in [0.4, 0.5) is 0 Å². The molecule has 0 bridgehead atoms. The number of rotatable bonds is 6. The normalized spacial score (nSPS) is 13.4. The van der Waals surface area contributed by atoms with Crippen LogP contribution in [0.2, 0.25) is 5.02 Å². The number of carbonyl (C=O) groups is 1. The highest BCUT2D eigenvalue weighted by molar-refractivity contribution is 6.30. The van der Waals surface area contributed by atoms with Crippen molar-refractivity contribution in [3.05, 3.63) is 70.7 Å². The summed E-state index contributed by atoms with van der Waals surface area (Å²) in [7, 11) is 0. The van der Waals surface area contributed by atoms with Gasteiger partial charge in [-0.25, -0.2) is 0 Å². The summed E-state index contributed by atoms with van der Waals surface area (Å²) in [5.74, 6) is -0.640. The van der Waals surface area contributed by atoms with E-state index < -0.39 is 0 Å². The lowest BCUT2D eigenvalue weighted by molar-refractivity contribution is -0.150. The van der Waals surface area contributed by atoms with Crippen LogP contribution < -0.4 is 5.73 Å². The van der Waals surface area contributed by atoms with E-state index in [4.69, 9.17) is 22.1 Å². The summed E-state index contributed by atoms with van der Waals surface area (Å²) in [6, 6.07) is 16.8. The lowest BCUT2D eigenvalue weighted by atomic mass is 9.93. The van der Waals surface area contributed by atoms with Gasteiger partial charge in [0, 0.05) is 11.1 Å². The van der Waals surface area contributed by atoms with Crippen molar-refractivity contribution in [2.75, 3.05) is 0 Å². The predicted octanol–water partition coefficient (Wildman–Crippen LogP) is 3.59. The molecule has 0 aromatic heterocycles. The number of halogens is 1. The van der Waals surface area contributed by atoms with Gasteiger partial charge in [0.25, 0.3) is 0 Å². The molecule has 3 nitrogen and oxygen atoms in total. The largest absolute Gasteiger partial charge is 0.461 e. The van der Waals surface area contributed by atoms with Gasteiger partial charge in [-0.2, -0.15) is 0 Å². The Hall–Kier alpha value is -1.84. The lowest BCUT2D eigenvalue weighted by Gasteiger charge is -2.19. The quantitative estimate of drug-likeness (QED) is 0.828. The van der Waals surface area contributed by atoms with E-state index in [1.165, 1.54) is 0 Å². The van der Waals surface area contributed by atoms with Gasteiger partial charge in [-0.3, -0.25) is 4.79 Å². The molecule has 2 aromatic rings. The van der Waals surface area contributed by atoms with Gasteiger partial charge in [-0.1, -0.05) is 54.1 Å². The van der Waals surface area contributed by atoms with E-state index in [1.807, 2.05) is 61.5 Å². The van der Waals surface area contributed by atoms with E-state index in [0.29, 0.717) is 11.4 Å². The second kappa shape index (κ2) is 7.97. The zero-order valence-electron chi connectivity index (χ0n) is 12.5. The molecule has 0 saturated heterocycles. The van der Waals surface area contributed by atoms with Crippen LogP contribution in [0.15, 0.2) is 54.6 Å². The van der Waals surface area contributed by atoms with Crippen LogP contribution >= 0.6 is 11.6 Å². The molecule has 0 unspecified atom stereocenters. The van der Waals surface area contributed by atoms with Crippen molar-refractivity contribution >= 4 is 17.6 Å². The first-order valence-electron chi connectivity index (χ1n) is 7.27. The van der Waals surface area contributed by atoms with Crippen molar-refractivity contribution in [1.82, 2.24) is 0 Å². The maximum absolute atomic E-state index is 12.3. The van der Waals surface area contributed by atoms with Crippen molar-refractivity contribution in [1.29, 1.82) is 0 Å². The highest BCUT2D eigenvalue weighted by Gasteiger charge is 2.24. The number of nitrogens with two attached hydrogens (primary N) is 1. The standard InChI is InChI=1S/C18H20ClNO2/c1-13(20)17(11-14-7-9-16(19)10-8-14)18(21)22-12-15-5-3-2-4-6-15/h2-10,13,17H,11-12,20H2,1H3/t13-,17+/m0/s1. The molecular formula is C18H20ClNO2. The molecule has 0 aliphatic carbocycles. The minimum absolute atomic E-state index is 0.267. The molecule has 0 saturated carbocycles. The first kappa shape index (κ1) is 16.5. The monoisotopic (exact) mass is 317 g/mol. The van der Waals surface area contributed by atoms with Crippen molar-refractivity contribution in [2.45, 2.75) is 26.0 Å². The second-order valence-electron chi connectivity index (χ2n) is 5.39. The van der Waals surface area contributed by atoms with Gasteiger partial charge >= 0.3 is 5.97 Å². The average molecular weight is 318 g/mol. The Morgan fingerprint density at radius 2 is 1.73 bits per heavy atom. The molecule has 2 rings (SSSR count). The number of carbonyl (C=O) groups excluding carboxylic acids is 1. The Labute approximate surface area is 136 Å². The van der Waals surface area contributed by atoms with Gasteiger partial charge in [0.1, 0.15) is 6.61 Å². The van der Waals surface area contributed by atoms with Crippen LogP contribution in [-0.2, 0) is 22.6 Å².